The van der Waals surface area contributed by atoms with E-state index in [0.717, 1.165) is 23.8 Å². The molecule has 0 bridgehead atoms. The molecule has 1 aliphatic rings. The highest BCUT2D eigenvalue weighted by molar-refractivity contribution is 6.30. The summed E-state index contributed by atoms with van der Waals surface area (Å²) >= 11 is 5.90. The summed E-state index contributed by atoms with van der Waals surface area (Å²) < 4.78 is 5.25. The van der Waals surface area contributed by atoms with Gasteiger partial charge in [0.05, 0.1) is 0 Å². The van der Waals surface area contributed by atoms with Crippen LogP contribution in [0.4, 0.5) is 5.69 Å². The van der Waals surface area contributed by atoms with Crippen molar-refractivity contribution in [1.82, 2.24) is 0 Å². The number of hydrogen-bond donors (Lipinski definition) is 1. The third kappa shape index (κ3) is 2.88. The molecule has 4 nitrogen and oxygen atoms in total. The number of nitrogens with two attached hydrogens (primary N) is 1. The Morgan fingerprint density at radius 3 is 2.61 bits per heavy atom. The number of halogens is 1. The van der Waals surface area contributed by atoms with E-state index in [2.05, 4.69) is 16.8 Å². The van der Waals surface area contributed by atoms with E-state index in [-0.39, 0.29) is 11.6 Å². The van der Waals surface area contributed by atoms with Gasteiger partial charge in [0, 0.05) is 23.8 Å². The van der Waals surface area contributed by atoms with Crippen molar-refractivity contribution >= 4 is 23.3 Å². The second-order valence-electron chi connectivity index (χ2n) is 4.73. The van der Waals surface area contributed by atoms with Crippen molar-refractivity contribution < 1.29 is 4.74 Å². The van der Waals surface area contributed by atoms with Crippen LogP contribution in [0.2, 0.25) is 5.02 Å². The average molecular weight is 268 g/mol. The fourth-order valence-electron chi connectivity index (χ4n) is 2.09. The maximum Gasteiger partial charge on any atom is 0.282 e. The van der Waals surface area contributed by atoms with Crippen molar-refractivity contribution in [1.29, 1.82) is 0 Å². The van der Waals surface area contributed by atoms with Crippen molar-refractivity contribution in [2.45, 2.75) is 19.4 Å². The standard InChI is InChI=1S/C13H18ClN3O/c1-3-17(11-6-4-10(14)5-7-11)8-13(2)9-18-12(15)16-13/h4-7H,3,8-9H2,1-2H3,(H2,15,16)/t13-/m0/s1. The number of ether oxygens (including phenoxy) is 1. The summed E-state index contributed by atoms with van der Waals surface area (Å²) in [4.78, 5) is 6.59. The number of aliphatic imine (C=N–C) groups is 1. The van der Waals surface area contributed by atoms with E-state index in [1.807, 2.05) is 31.2 Å². The molecule has 98 valence electrons. The van der Waals surface area contributed by atoms with Crippen molar-refractivity contribution in [3.8, 4) is 0 Å². The Kier molecular flexibility index (Phi) is 3.66. The Hall–Kier alpha value is -1.42. The van der Waals surface area contributed by atoms with E-state index in [1.165, 1.54) is 0 Å². The minimum absolute atomic E-state index is 0.278. The first-order valence-electron chi connectivity index (χ1n) is 6.01. The summed E-state index contributed by atoms with van der Waals surface area (Å²) in [6.07, 6.45) is 0. The molecule has 0 saturated heterocycles. The summed E-state index contributed by atoms with van der Waals surface area (Å²) in [6.45, 7) is 6.35. The molecule has 0 fully saturated rings. The molecule has 1 heterocycles. The first-order chi connectivity index (χ1) is 8.52. The van der Waals surface area contributed by atoms with Crippen LogP contribution in [0.1, 0.15) is 13.8 Å². The molecule has 2 rings (SSSR count). The van der Waals surface area contributed by atoms with Gasteiger partial charge in [0.25, 0.3) is 6.02 Å². The molecule has 1 aromatic rings. The molecule has 0 amide bonds. The molecule has 0 spiro atoms. The molecule has 5 heteroatoms. The Balaban J connectivity index is 2.13. The molecule has 0 aliphatic carbocycles. The first kappa shape index (κ1) is 13.0. The number of hydrogen-bond acceptors (Lipinski definition) is 4. The Bertz CT molecular complexity index is 446. The summed E-state index contributed by atoms with van der Waals surface area (Å²) in [7, 11) is 0. The highest BCUT2D eigenvalue weighted by Crippen LogP contribution is 2.23. The van der Waals surface area contributed by atoms with Crippen molar-refractivity contribution in [2.75, 3.05) is 24.6 Å². The monoisotopic (exact) mass is 267 g/mol. The number of likely N-dealkylation sites (N-methyl/N-ethyl adjacent to an activating group) is 1. The van der Waals surface area contributed by atoms with Crippen molar-refractivity contribution in [3.05, 3.63) is 29.3 Å². The molecule has 1 atom stereocenters. The maximum absolute atomic E-state index is 5.90. The molecule has 1 aliphatic heterocycles. The van der Waals surface area contributed by atoms with Gasteiger partial charge in [-0.2, -0.15) is 0 Å². The lowest BCUT2D eigenvalue weighted by molar-refractivity contribution is 0.266. The fourth-order valence-corrected chi connectivity index (χ4v) is 2.22. The van der Waals surface area contributed by atoms with Crippen LogP contribution in [0, 0.1) is 0 Å². The molecular weight excluding hydrogens is 250 g/mol. The van der Waals surface area contributed by atoms with E-state index in [4.69, 9.17) is 22.1 Å². The third-order valence-electron chi connectivity index (χ3n) is 3.02. The number of anilines is 1. The molecule has 2 N–H and O–H groups in total. The predicted molar refractivity (Wildman–Crippen MR) is 75.3 cm³/mol. The molecule has 0 aromatic heterocycles. The van der Waals surface area contributed by atoms with E-state index < -0.39 is 0 Å². The number of amidine groups is 1. The van der Waals surface area contributed by atoms with Gasteiger partial charge in [-0.1, -0.05) is 11.6 Å². The molecule has 0 saturated carbocycles. The predicted octanol–water partition coefficient (Wildman–Crippen LogP) is 2.27. The Morgan fingerprint density at radius 1 is 1.44 bits per heavy atom. The molecule has 18 heavy (non-hydrogen) atoms. The van der Waals surface area contributed by atoms with Crippen LogP contribution in [0.5, 0.6) is 0 Å². The number of rotatable bonds is 4. The Morgan fingerprint density at radius 2 is 2.11 bits per heavy atom. The van der Waals surface area contributed by atoms with Crippen LogP contribution in [0.3, 0.4) is 0 Å². The lowest BCUT2D eigenvalue weighted by Crippen LogP contribution is -2.40. The lowest BCUT2D eigenvalue weighted by atomic mass is 10.0. The van der Waals surface area contributed by atoms with Gasteiger partial charge in [0.2, 0.25) is 0 Å². The Labute approximate surface area is 112 Å². The number of benzene rings is 1. The summed E-state index contributed by atoms with van der Waals surface area (Å²) in [6, 6.07) is 8.09. The first-order valence-corrected chi connectivity index (χ1v) is 6.39. The van der Waals surface area contributed by atoms with Crippen molar-refractivity contribution in [3.63, 3.8) is 0 Å². The van der Waals surface area contributed by atoms with E-state index in [1.54, 1.807) is 0 Å². The quantitative estimate of drug-likeness (QED) is 0.911. The van der Waals surface area contributed by atoms with Crippen LogP contribution in [0.15, 0.2) is 29.3 Å². The molecular formula is C13H18ClN3O. The minimum Gasteiger partial charge on any atom is -0.463 e. The van der Waals surface area contributed by atoms with Crippen LogP contribution in [-0.2, 0) is 4.74 Å². The van der Waals surface area contributed by atoms with E-state index in [0.29, 0.717) is 6.61 Å². The smallest absolute Gasteiger partial charge is 0.282 e. The van der Waals surface area contributed by atoms with Crippen LogP contribution < -0.4 is 10.6 Å². The van der Waals surface area contributed by atoms with E-state index in [9.17, 15) is 0 Å². The van der Waals surface area contributed by atoms with Crippen LogP contribution in [0.25, 0.3) is 0 Å². The van der Waals surface area contributed by atoms with Gasteiger partial charge >= 0.3 is 0 Å². The topological polar surface area (TPSA) is 50.9 Å². The minimum atomic E-state index is -0.278. The van der Waals surface area contributed by atoms with Crippen LogP contribution >= 0.6 is 11.6 Å². The fraction of sp³-hybridized carbons (Fsp3) is 0.462. The highest BCUT2D eigenvalue weighted by atomic mass is 35.5. The zero-order valence-corrected chi connectivity index (χ0v) is 11.4. The van der Waals surface area contributed by atoms with Gasteiger partial charge in [0.15, 0.2) is 0 Å². The average Bonchev–Trinajstić information content (AvgIpc) is 2.68. The largest absolute Gasteiger partial charge is 0.463 e. The summed E-state index contributed by atoms with van der Waals surface area (Å²) in [5.74, 6) is 0. The van der Waals surface area contributed by atoms with Gasteiger partial charge in [-0.15, -0.1) is 0 Å². The SMILES string of the molecule is CCN(C[C@@]1(C)COC(N)=N1)c1ccc(Cl)cc1. The van der Waals surface area contributed by atoms with E-state index >= 15 is 0 Å². The second kappa shape index (κ2) is 5.06. The van der Waals surface area contributed by atoms with Gasteiger partial charge in [-0.25, -0.2) is 4.99 Å². The van der Waals surface area contributed by atoms with Gasteiger partial charge < -0.3 is 15.4 Å². The van der Waals surface area contributed by atoms with Crippen molar-refractivity contribution in [2.24, 2.45) is 10.7 Å². The third-order valence-corrected chi connectivity index (χ3v) is 3.27. The van der Waals surface area contributed by atoms with Gasteiger partial charge in [0.1, 0.15) is 12.1 Å². The van der Waals surface area contributed by atoms with Gasteiger partial charge in [-0.3, -0.25) is 0 Å². The summed E-state index contributed by atoms with van der Waals surface area (Å²) in [5, 5.41) is 0.743. The number of nitrogens with zero attached hydrogens (tertiary/aromatic N) is 2. The molecule has 0 unspecified atom stereocenters. The molecule has 1 aromatic carbocycles. The van der Waals surface area contributed by atoms with Crippen LogP contribution in [-0.4, -0.2) is 31.3 Å². The zero-order chi connectivity index (χ0) is 13.2. The van der Waals surface area contributed by atoms with Gasteiger partial charge in [-0.05, 0) is 38.1 Å². The summed E-state index contributed by atoms with van der Waals surface area (Å²) in [5.41, 5.74) is 6.43. The zero-order valence-electron chi connectivity index (χ0n) is 10.7. The molecule has 0 radical (unpaired) electrons. The highest BCUT2D eigenvalue weighted by Gasteiger charge is 2.32. The second-order valence-corrected chi connectivity index (χ2v) is 5.16. The normalized spacial score (nSPS) is 22.5. The lowest BCUT2D eigenvalue weighted by Gasteiger charge is -2.30. The maximum atomic E-state index is 5.90.